The minimum atomic E-state index is -0.619. The molecular weight excluding hydrogens is 244 g/mol. The van der Waals surface area contributed by atoms with Crippen LogP contribution in [0.25, 0.3) is 0 Å². The van der Waals surface area contributed by atoms with Crippen molar-refractivity contribution in [2.24, 2.45) is 5.73 Å². The molecule has 0 aliphatic carbocycles. The van der Waals surface area contributed by atoms with E-state index < -0.39 is 4.92 Å². The van der Waals surface area contributed by atoms with Gasteiger partial charge in [0.15, 0.2) is 0 Å². The maximum absolute atomic E-state index is 10.4. The molecule has 0 unspecified atom stereocenters. The number of nitrogens with two attached hydrogens (primary N) is 1. The van der Waals surface area contributed by atoms with E-state index in [1.807, 2.05) is 6.07 Å². The van der Waals surface area contributed by atoms with Crippen LogP contribution in [0.1, 0.15) is 12.5 Å². The monoisotopic (exact) mass is 256 g/mol. The molecule has 1 rings (SSSR count). The normalized spacial score (nSPS) is 11.9. The molecule has 0 aliphatic rings. The smallest absolute Gasteiger partial charge is 0.332 e. The van der Waals surface area contributed by atoms with Gasteiger partial charge in [-0.05, 0) is 29.9 Å². The van der Waals surface area contributed by atoms with Gasteiger partial charge in [-0.25, -0.2) is 4.98 Å². The average molecular weight is 257 g/mol. The molecule has 6 nitrogen and oxygen atoms in total. The predicted octanol–water partition coefficient (Wildman–Crippen LogP) is 1.29. The minimum absolute atomic E-state index is 0.358. The molecule has 1 aromatic rings. The highest BCUT2D eigenvalue weighted by molar-refractivity contribution is 6.29. The van der Waals surface area contributed by atoms with Crippen LogP contribution in [0.2, 0.25) is 5.15 Å². The highest BCUT2D eigenvalue weighted by atomic mass is 35.5. The molecule has 17 heavy (non-hydrogen) atoms. The topological polar surface area (TPSA) is 94.1 Å². The van der Waals surface area contributed by atoms with Crippen LogP contribution in [0.5, 0.6) is 0 Å². The van der Waals surface area contributed by atoms with Crippen molar-refractivity contribution in [3.05, 3.63) is 50.7 Å². The Morgan fingerprint density at radius 2 is 2.35 bits per heavy atom. The second-order valence-corrected chi connectivity index (χ2v) is 3.82. The Morgan fingerprint density at radius 3 is 2.88 bits per heavy atom. The van der Waals surface area contributed by atoms with Crippen molar-refractivity contribution in [1.82, 2.24) is 10.3 Å². The Bertz CT molecular complexity index is 430. The number of pyridine rings is 1. The molecule has 0 radical (unpaired) electrons. The molecule has 1 aromatic heterocycles. The van der Waals surface area contributed by atoms with E-state index in [9.17, 15) is 10.1 Å². The lowest BCUT2D eigenvalue weighted by Gasteiger charge is -2.06. The average Bonchev–Trinajstić information content (AvgIpc) is 2.30. The van der Waals surface area contributed by atoms with Gasteiger partial charge in [0.25, 0.3) is 0 Å². The van der Waals surface area contributed by atoms with Crippen LogP contribution in [0, 0.1) is 10.1 Å². The van der Waals surface area contributed by atoms with Gasteiger partial charge in [-0.15, -0.1) is 0 Å². The van der Waals surface area contributed by atoms with Gasteiger partial charge in [-0.3, -0.25) is 5.73 Å². The van der Waals surface area contributed by atoms with Gasteiger partial charge in [0.2, 0.25) is 0 Å². The van der Waals surface area contributed by atoms with E-state index in [1.165, 1.54) is 0 Å². The van der Waals surface area contributed by atoms with Crippen molar-refractivity contribution in [3.8, 4) is 0 Å². The van der Waals surface area contributed by atoms with Crippen LogP contribution in [-0.4, -0.2) is 16.5 Å². The highest BCUT2D eigenvalue weighted by Gasteiger charge is 2.06. The van der Waals surface area contributed by atoms with Crippen molar-refractivity contribution in [1.29, 1.82) is 0 Å². The minimum Gasteiger partial charge on any atom is -0.382 e. The van der Waals surface area contributed by atoms with Gasteiger partial charge in [-0.1, -0.05) is 17.7 Å². The van der Waals surface area contributed by atoms with Crippen LogP contribution < -0.4 is 11.1 Å². The summed E-state index contributed by atoms with van der Waals surface area (Å²) in [5.74, 6) is -0.362. The second kappa shape index (κ2) is 6.05. The summed E-state index contributed by atoms with van der Waals surface area (Å²) >= 11 is 5.65. The first-order valence-electron chi connectivity index (χ1n) is 4.95. The van der Waals surface area contributed by atoms with Gasteiger partial charge in [0.05, 0.1) is 0 Å². The lowest BCUT2D eigenvalue weighted by atomic mass is 10.2. The number of hydrogen-bond acceptors (Lipinski definition) is 5. The fourth-order valence-corrected chi connectivity index (χ4v) is 1.29. The maximum Gasteiger partial charge on any atom is 0.332 e. The number of nitro groups is 1. The lowest BCUT2D eigenvalue weighted by Crippen LogP contribution is -2.22. The van der Waals surface area contributed by atoms with Gasteiger partial charge in [0.1, 0.15) is 10.9 Å². The maximum atomic E-state index is 10.4. The third-order valence-electron chi connectivity index (χ3n) is 2.17. The largest absolute Gasteiger partial charge is 0.382 e. The number of nitrogens with one attached hydrogen (secondary N) is 1. The lowest BCUT2D eigenvalue weighted by molar-refractivity contribution is -0.428. The summed E-state index contributed by atoms with van der Waals surface area (Å²) in [6.45, 7) is 2.11. The fraction of sp³-hybridized carbons (Fsp3) is 0.300. The number of allylic oxidation sites excluding steroid dienone is 1. The van der Waals surface area contributed by atoms with Crippen molar-refractivity contribution in [2.45, 2.75) is 13.3 Å². The molecular formula is C10H13ClN4O2. The standard InChI is InChI=1S/C10H13ClN4O2/c1-7(10(12)15(16)17)13-5-4-8-2-3-9(11)14-6-8/h2-3,6,13H,4-5,12H2,1H3. The highest BCUT2D eigenvalue weighted by Crippen LogP contribution is 2.05. The number of rotatable bonds is 5. The first-order valence-corrected chi connectivity index (χ1v) is 5.33. The van der Waals surface area contributed by atoms with E-state index in [0.29, 0.717) is 23.8 Å². The molecule has 0 aliphatic heterocycles. The van der Waals surface area contributed by atoms with E-state index in [2.05, 4.69) is 10.3 Å². The quantitative estimate of drug-likeness (QED) is 0.470. The van der Waals surface area contributed by atoms with Crippen molar-refractivity contribution >= 4 is 11.6 Å². The van der Waals surface area contributed by atoms with Crippen LogP contribution in [0.15, 0.2) is 29.8 Å². The molecule has 0 atom stereocenters. The van der Waals surface area contributed by atoms with Crippen molar-refractivity contribution in [3.63, 3.8) is 0 Å². The van der Waals surface area contributed by atoms with Gasteiger partial charge < -0.3 is 15.4 Å². The molecule has 0 saturated carbocycles. The molecule has 92 valence electrons. The van der Waals surface area contributed by atoms with Crippen molar-refractivity contribution in [2.75, 3.05) is 6.54 Å². The predicted molar refractivity (Wildman–Crippen MR) is 64.8 cm³/mol. The Hall–Kier alpha value is -1.82. The SMILES string of the molecule is CC(NCCc1ccc(Cl)nc1)=C(N)[N+](=O)[O-]. The summed E-state index contributed by atoms with van der Waals surface area (Å²) in [5, 5.41) is 13.7. The Morgan fingerprint density at radius 1 is 1.65 bits per heavy atom. The third-order valence-corrected chi connectivity index (χ3v) is 2.40. The van der Waals surface area contributed by atoms with E-state index >= 15 is 0 Å². The summed E-state index contributed by atoms with van der Waals surface area (Å²) in [7, 11) is 0. The molecule has 0 bridgehead atoms. The summed E-state index contributed by atoms with van der Waals surface area (Å²) in [5.41, 5.74) is 6.60. The molecule has 0 aromatic carbocycles. The fourth-order valence-electron chi connectivity index (χ4n) is 1.18. The van der Waals surface area contributed by atoms with Crippen LogP contribution in [-0.2, 0) is 6.42 Å². The van der Waals surface area contributed by atoms with Gasteiger partial charge >= 0.3 is 5.82 Å². The Labute approximate surface area is 104 Å². The zero-order valence-corrected chi connectivity index (χ0v) is 10.1. The van der Waals surface area contributed by atoms with E-state index in [-0.39, 0.29) is 5.82 Å². The number of halogens is 1. The summed E-state index contributed by atoms with van der Waals surface area (Å²) in [6, 6.07) is 3.55. The van der Waals surface area contributed by atoms with E-state index in [0.717, 1.165) is 5.56 Å². The second-order valence-electron chi connectivity index (χ2n) is 3.43. The first-order chi connectivity index (χ1) is 8.00. The van der Waals surface area contributed by atoms with E-state index in [1.54, 1.807) is 19.2 Å². The first kappa shape index (κ1) is 13.2. The van der Waals surface area contributed by atoms with Crippen LogP contribution in [0.4, 0.5) is 0 Å². The van der Waals surface area contributed by atoms with E-state index in [4.69, 9.17) is 17.3 Å². The number of aromatic nitrogens is 1. The molecule has 0 spiro atoms. The Balaban J connectivity index is 2.45. The number of nitrogens with zero attached hydrogens (tertiary/aromatic N) is 2. The molecule has 1 heterocycles. The molecule has 0 saturated heterocycles. The Kier molecular flexibility index (Phi) is 4.71. The van der Waals surface area contributed by atoms with Crippen LogP contribution in [0.3, 0.4) is 0 Å². The molecule has 0 fully saturated rings. The molecule has 0 amide bonds. The van der Waals surface area contributed by atoms with Gasteiger partial charge in [-0.2, -0.15) is 0 Å². The zero-order valence-electron chi connectivity index (χ0n) is 9.31. The number of hydrogen-bond donors (Lipinski definition) is 2. The molecule has 7 heteroatoms. The molecule has 3 N–H and O–H groups in total. The van der Waals surface area contributed by atoms with Gasteiger partial charge in [0, 0.05) is 12.7 Å². The van der Waals surface area contributed by atoms with Crippen molar-refractivity contribution < 1.29 is 4.92 Å². The summed E-state index contributed by atoms with van der Waals surface area (Å²) < 4.78 is 0. The zero-order chi connectivity index (χ0) is 12.8. The summed E-state index contributed by atoms with van der Waals surface area (Å²) in [6.07, 6.45) is 2.35. The third kappa shape index (κ3) is 4.28. The van der Waals surface area contributed by atoms with Crippen LogP contribution >= 0.6 is 11.6 Å². The summed E-state index contributed by atoms with van der Waals surface area (Å²) in [4.78, 5) is 13.7.